The Morgan fingerprint density at radius 1 is 0.636 bits per heavy atom. The van der Waals surface area contributed by atoms with Gasteiger partial charge in [0.1, 0.15) is 0 Å². The molecule has 172 valence electrons. The van der Waals surface area contributed by atoms with Crippen molar-refractivity contribution in [2.24, 2.45) is 0 Å². The van der Waals surface area contributed by atoms with Gasteiger partial charge in [0, 0.05) is 13.1 Å². The van der Waals surface area contributed by atoms with E-state index >= 15 is 0 Å². The fraction of sp³-hybridized carbons (Fsp3) is 0.200. The summed E-state index contributed by atoms with van der Waals surface area (Å²) in [5, 5.41) is 0. The summed E-state index contributed by atoms with van der Waals surface area (Å²) in [6.45, 7) is 4.10. The molecule has 0 atom stereocenters. The summed E-state index contributed by atoms with van der Waals surface area (Å²) in [6.07, 6.45) is 3.40. The number of benzene rings is 3. The number of hydrogen-bond acceptors (Lipinski definition) is 4. The maximum absolute atomic E-state index is 13.5. The maximum Gasteiger partial charge on any atom is 0.264 e. The molecule has 0 N–H and O–H groups in total. The van der Waals surface area contributed by atoms with Crippen LogP contribution in [0.2, 0.25) is 0 Å². The monoisotopic (exact) mass is 482 g/mol. The van der Waals surface area contributed by atoms with E-state index in [2.05, 4.69) is 0 Å². The van der Waals surface area contributed by atoms with Crippen LogP contribution in [0.15, 0.2) is 94.7 Å². The quantitative estimate of drug-likeness (QED) is 0.521. The van der Waals surface area contributed by atoms with Gasteiger partial charge in [0.2, 0.25) is 10.0 Å². The van der Waals surface area contributed by atoms with Crippen LogP contribution in [-0.4, -0.2) is 34.2 Å². The zero-order valence-corrected chi connectivity index (χ0v) is 20.2. The molecule has 4 rings (SSSR count). The maximum atomic E-state index is 13.5. The first-order valence-corrected chi connectivity index (χ1v) is 13.5. The Bertz CT molecular complexity index is 1380. The van der Waals surface area contributed by atoms with Crippen molar-refractivity contribution in [2.45, 2.75) is 30.2 Å². The third-order valence-electron chi connectivity index (χ3n) is 5.62. The molecule has 8 heteroatoms. The third kappa shape index (κ3) is 4.73. The summed E-state index contributed by atoms with van der Waals surface area (Å²) in [6, 6.07) is 20.5. The average Bonchev–Trinajstić information content (AvgIpc) is 2.89. The molecule has 3 aromatic rings. The van der Waals surface area contributed by atoms with E-state index in [-0.39, 0.29) is 29.4 Å². The van der Waals surface area contributed by atoms with Crippen molar-refractivity contribution in [1.82, 2.24) is 4.31 Å². The van der Waals surface area contributed by atoms with Gasteiger partial charge in [0.05, 0.1) is 22.0 Å². The van der Waals surface area contributed by atoms with E-state index in [4.69, 9.17) is 0 Å². The summed E-state index contributed by atoms with van der Waals surface area (Å²) >= 11 is 0. The van der Waals surface area contributed by atoms with Crippen molar-refractivity contribution in [1.29, 1.82) is 0 Å². The Hall–Kier alpha value is -2.94. The zero-order chi connectivity index (χ0) is 23.6. The van der Waals surface area contributed by atoms with E-state index in [9.17, 15) is 16.8 Å². The first-order valence-electron chi connectivity index (χ1n) is 10.6. The molecule has 1 aliphatic rings. The topological polar surface area (TPSA) is 74.8 Å². The van der Waals surface area contributed by atoms with E-state index in [0.29, 0.717) is 11.3 Å². The van der Waals surface area contributed by atoms with Gasteiger partial charge in [-0.15, -0.1) is 0 Å². The molecular weight excluding hydrogens is 456 g/mol. The van der Waals surface area contributed by atoms with Crippen molar-refractivity contribution in [2.75, 3.05) is 17.4 Å². The van der Waals surface area contributed by atoms with Crippen LogP contribution in [0.5, 0.6) is 0 Å². The Balaban J connectivity index is 1.77. The highest BCUT2D eigenvalue weighted by atomic mass is 32.2. The molecule has 6 nitrogen and oxygen atoms in total. The predicted molar refractivity (Wildman–Crippen MR) is 130 cm³/mol. The van der Waals surface area contributed by atoms with Crippen LogP contribution in [-0.2, 0) is 26.6 Å². The van der Waals surface area contributed by atoms with Crippen molar-refractivity contribution in [3.63, 3.8) is 0 Å². The molecule has 0 radical (unpaired) electrons. The lowest BCUT2D eigenvalue weighted by Crippen LogP contribution is -2.33. The summed E-state index contributed by atoms with van der Waals surface area (Å²) in [5.74, 6) is 0. The molecule has 33 heavy (non-hydrogen) atoms. The number of nitrogens with zero attached hydrogens (tertiary/aromatic N) is 2. The van der Waals surface area contributed by atoms with E-state index < -0.39 is 20.0 Å². The highest BCUT2D eigenvalue weighted by Gasteiger charge is 2.30. The average molecular weight is 483 g/mol. The molecule has 0 saturated carbocycles. The predicted octanol–water partition coefficient (Wildman–Crippen LogP) is 4.26. The van der Waals surface area contributed by atoms with Gasteiger partial charge in [-0.2, -0.15) is 4.31 Å². The van der Waals surface area contributed by atoms with Gasteiger partial charge in [-0.3, -0.25) is 4.31 Å². The number of rotatable bonds is 4. The van der Waals surface area contributed by atoms with Crippen molar-refractivity contribution < 1.29 is 16.8 Å². The molecule has 0 aromatic heterocycles. The molecule has 1 heterocycles. The van der Waals surface area contributed by atoms with Crippen molar-refractivity contribution >= 4 is 25.7 Å². The van der Waals surface area contributed by atoms with Crippen molar-refractivity contribution in [3.05, 3.63) is 102 Å². The molecular formula is C25H26N2O4S2. The molecule has 0 unspecified atom stereocenters. The van der Waals surface area contributed by atoms with Crippen LogP contribution in [0.25, 0.3) is 0 Å². The van der Waals surface area contributed by atoms with Crippen LogP contribution in [0, 0.1) is 13.8 Å². The van der Waals surface area contributed by atoms with Gasteiger partial charge in [-0.1, -0.05) is 65.7 Å². The van der Waals surface area contributed by atoms with Crippen LogP contribution in [0.3, 0.4) is 0 Å². The number of para-hydroxylation sites is 1. The number of fused-ring (bicyclic) bond motifs is 1. The zero-order valence-electron chi connectivity index (χ0n) is 18.5. The number of aryl methyl sites for hydroxylation is 2. The Kier molecular flexibility index (Phi) is 6.43. The summed E-state index contributed by atoms with van der Waals surface area (Å²) in [4.78, 5) is 0.405. The summed E-state index contributed by atoms with van der Waals surface area (Å²) in [7, 11) is -7.62. The van der Waals surface area contributed by atoms with E-state index in [1.54, 1.807) is 84.9 Å². The largest absolute Gasteiger partial charge is 0.264 e. The standard InChI is InChI=1S/C25H26N2O4S2/c1-20-9-13-23(14-10-20)32(28,29)26-17-5-6-18-27(25-8-4-3-7-22(25)19-26)33(30,31)24-15-11-21(2)12-16-24/h3-16H,17-19H2,1-2H3/b6-5-. The second-order valence-electron chi connectivity index (χ2n) is 8.06. The van der Waals surface area contributed by atoms with Crippen LogP contribution < -0.4 is 4.31 Å². The highest BCUT2D eigenvalue weighted by Crippen LogP contribution is 2.30. The second-order valence-corrected chi connectivity index (χ2v) is 11.9. The molecule has 0 fully saturated rings. The van der Waals surface area contributed by atoms with E-state index in [1.165, 1.54) is 8.61 Å². The van der Waals surface area contributed by atoms with Gasteiger partial charge in [0.25, 0.3) is 10.0 Å². The Morgan fingerprint density at radius 2 is 1.15 bits per heavy atom. The lowest BCUT2D eigenvalue weighted by atomic mass is 10.2. The first kappa shape index (κ1) is 23.2. The summed E-state index contributed by atoms with van der Waals surface area (Å²) < 4.78 is 56.5. The highest BCUT2D eigenvalue weighted by molar-refractivity contribution is 7.92. The number of anilines is 1. The molecule has 0 saturated heterocycles. The van der Waals surface area contributed by atoms with Crippen LogP contribution in [0.4, 0.5) is 5.69 Å². The normalized spacial score (nSPS) is 16.4. The minimum absolute atomic E-state index is 0.0522. The lowest BCUT2D eigenvalue weighted by molar-refractivity contribution is 0.439. The molecule has 3 aromatic carbocycles. The smallest absolute Gasteiger partial charge is 0.262 e. The van der Waals surface area contributed by atoms with Gasteiger partial charge >= 0.3 is 0 Å². The van der Waals surface area contributed by atoms with Gasteiger partial charge in [-0.25, -0.2) is 16.8 Å². The molecule has 0 bridgehead atoms. The van der Waals surface area contributed by atoms with Gasteiger partial charge in [-0.05, 0) is 49.7 Å². The Morgan fingerprint density at radius 3 is 1.76 bits per heavy atom. The molecule has 0 spiro atoms. The minimum Gasteiger partial charge on any atom is -0.262 e. The number of sulfonamides is 2. The molecule has 1 aliphatic heterocycles. The second kappa shape index (κ2) is 9.13. The fourth-order valence-corrected chi connectivity index (χ4v) is 6.53. The lowest BCUT2D eigenvalue weighted by Gasteiger charge is -2.27. The van der Waals surface area contributed by atoms with Gasteiger partial charge < -0.3 is 0 Å². The first-order chi connectivity index (χ1) is 15.7. The fourth-order valence-electron chi connectivity index (χ4n) is 3.71. The van der Waals surface area contributed by atoms with E-state index in [1.807, 2.05) is 13.8 Å². The van der Waals surface area contributed by atoms with Crippen LogP contribution in [0.1, 0.15) is 16.7 Å². The molecule has 0 amide bonds. The number of hydrogen-bond donors (Lipinski definition) is 0. The minimum atomic E-state index is -3.84. The van der Waals surface area contributed by atoms with E-state index in [0.717, 1.165) is 11.1 Å². The SMILES string of the molecule is Cc1ccc(S(=O)(=O)N2C/C=C\CN(S(=O)(=O)c3ccc(C)cc3)c3ccccc3C2)cc1. The summed E-state index contributed by atoms with van der Waals surface area (Å²) in [5.41, 5.74) is 3.03. The third-order valence-corrected chi connectivity index (χ3v) is 9.24. The van der Waals surface area contributed by atoms with Crippen molar-refractivity contribution in [3.8, 4) is 0 Å². The Labute approximate surface area is 195 Å². The van der Waals surface area contributed by atoms with Crippen LogP contribution >= 0.6 is 0 Å². The van der Waals surface area contributed by atoms with Gasteiger partial charge in [0.15, 0.2) is 0 Å². The molecule has 0 aliphatic carbocycles.